The zero-order valence-electron chi connectivity index (χ0n) is 13.1. The molecule has 0 radical (unpaired) electrons. The normalized spacial score (nSPS) is 11.7. The number of carbonyl (C=O) groups excluding carboxylic acids is 2. The fourth-order valence-electron chi connectivity index (χ4n) is 1.87. The molecule has 0 fully saturated rings. The largest absolute Gasteiger partial charge is 0.449 e. The maximum absolute atomic E-state index is 13.1. The van der Waals surface area contributed by atoms with Crippen LogP contribution in [0.25, 0.3) is 0 Å². The summed E-state index contributed by atoms with van der Waals surface area (Å²) < 4.78 is 22.4. The molecule has 1 amide bonds. The van der Waals surface area contributed by atoms with E-state index in [0.29, 0.717) is 21.9 Å². The van der Waals surface area contributed by atoms with Gasteiger partial charge in [-0.2, -0.15) is 4.37 Å². The predicted octanol–water partition coefficient (Wildman–Crippen LogP) is 3.47. The first-order valence-corrected chi connectivity index (χ1v) is 8.09. The van der Waals surface area contributed by atoms with Crippen molar-refractivity contribution in [3.8, 4) is 0 Å². The summed E-state index contributed by atoms with van der Waals surface area (Å²) in [7, 11) is 1.66. The molecular weight excluding hydrogens is 357 g/mol. The number of amides is 1. The second-order valence-corrected chi connectivity index (χ2v) is 6.07. The predicted molar refractivity (Wildman–Crippen MR) is 91.3 cm³/mol. The van der Waals surface area contributed by atoms with Crippen LogP contribution in [0.4, 0.5) is 15.1 Å². The summed E-state index contributed by atoms with van der Waals surface area (Å²) in [5, 5.41) is 5.81. The van der Waals surface area contributed by atoms with E-state index in [0.717, 1.165) is 17.6 Å². The summed E-state index contributed by atoms with van der Waals surface area (Å²) in [6, 6.07) is 3.77. The van der Waals surface area contributed by atoms with Gasteiger partial charge in [0.2, 0.25) is 0 Å². The van der Waals surface area contributed by atoms with E-state index in [4.69, 9.17) is 16.3 Å². The molecule has 2 rings (SSSR count). The second-order valence-electron chi connectivity index (χ2n) is 4.89. The quantitative estimate of drug-likeness (QED) is 0.786. The van der Waals surface area contributed by atoms with Crippen molar-refractivity contribution in [1.29, 1.82) is 0 Å². The van der Waals surface area contributed by atoms with Crippen LogP contribution in [-0.2, 0) is 9.53 Å². The molecule has 0 unspecified atom stereocenters. The minimum Gasteiger partial charge on any atom is -0.449 e. The van der Waals surface area contributed by atoms with E-state index in [1.54, 1.807) is 14.0 Å². The molecule has 6 nitrogen and oxygen atoms in total. The average Bonchev–Trinajstić information content (AvgIpc) is 2.91. The van der Waals surface area contributed by atoms with E-state index in [1.165, 1.54) is 19.1 Å². The highest BCUT2D eigenvalue weighted by atomic mass is 35.5. The molecule has 0 saturated carbocycles. The number of aromatic nitrogens is 1. The summed E-state index contributed by atoms with van der Waals surface area (Å²) in [5.74, 6) is -1.79. The van der Waals surface area contributed by atoms with Crippen molar-refractivity contribution in [2.75, 3.05) is 17.7 Å². The Kier molecular flexibility index (Phi) is 5.74. The van der Waals surface area contributed by atoms with Crippen LogP contribution in [0.15, 0.2) is 18.2 Å². The lowest BCUT2D eigenvalue weighted by molar-refractivity contribution is -0.123. The molecule has 0 aliphatic heterocycles. The topological polar surface area (TPSA) is 80.3 Å². The number of hydrogen-bond acceptors (Lipinski definition) is 6. The van der Waals surface area contributed by atoms with E-state index in [-0.39, 0.29) is 5.02 Å². The number of hydrogen-bond donors (Lipinski definition) is 2. The Morgan fingerprint density at radius 1 is 1.42 bits per heavy atom. The molecule has 24 heavy (non-hydrogen) atoms. The van der Waals surface area contributed by atoms with Crippen molar-refractivity contribution in [2.45, 2.75) is 20.0 Å². The van der Waals surface area contributed by atoms with Crippen molar-refractivity contribution in [3.05, 3.63) is 40.3 Å². The molecule has 0 saturated heterocycles. The average molecular weight is 372 g/mol. The number of esters is 1. The Bertz CT molecular complexity index is 781. The summed E-state index contributed by atoms with van der Waals surface area (Å²) in [4.78, 5) is 24.3. The van der Waals surface area contributed by atoms with Gasteiger partial charge >= 0.3 is 5.97 Å². The Morgan fingerprint density at radius 3 is 2.75 bits per heavy atom. The van der Waals surface area contributed by atoms with E-state index >= 15 is 0 Å². The maximum atomic E-state index is 13.1. The molecule has 1 aromatic heterocycles. The SMILES string of the molecule is CNc1snc(C)c1C(=O)O[C@@H](C)C(=O)Nc1ccc(F)c(Cl)c1. The number of aryl methyl sites for hydroxylation is 1. The molecule has 0 aliphatic carbocycles. The third kappa shape index (κ3) is 4.01. The van der Waals surface area contributed by atoms with E-state index in [9.17, 15) is 14.0 Å². The highest BCUT2D eigenvalue weighted by Crippen LogP contribution is 2.25. The van der Waals surface area contributed by atoms with Gasteiger partial charge in [0.15, 0.2) is 6.10 Å². The van der Waals surface area contributed by atoms with Gasteiger partial charge in [-0.25, -0.2) is 9.18 Å². The zero-order chi connectivity index (χ0) is 17.9. The summed E-state index contributed by atoms with van der Waals surface area (Å²) in [6.07, 6.45) is -1.05. The third-order valence-corrected chi connectivity index (χ3v) is 4.38. The van der Waals surface area contributed by atoms with Crippen molar-refractivity contribution >= 4 is 45.7 Å². The molecule has 0 spiro atoms. The van der Waals surface area contributed by atoms with Crippen molar-refractivity contribution < 1.29 is 18.7 Å². The van der Waals surface area contributed by atoms with Crippen molar-refractivity contribution in [1.82, 2.24) is 4.37 Å². The first kappa shape index (κ1) is 18.2. The van der Waals surface area contributed by atoms with Gasteiger partial charge in [0, 0.05) is 12.7 Å². The van der Waals surface area contributed by atoms with Gasteiger partial charge in [-0.1, -0.05) is 11.6 Å². The fourth-order valence-corrected chi connectivity index (χ4v) is 2.79. The van der Waals surface area contributed by atoms with Gasteiger partial charge in [0.1, 0.15) is 16.4 Å². The van der Waals surface area contributed by atoms with Crippen LogP contribution in [0.5, 0.6) is 0 Å². The van der Waals surface area contributed by atoms with Gasteiger partial charge in [-0.05, 0) is 43.6 Å². The monoisotopic (exact) mass is 371 g/mol. The Morgan fingerprint density at radius 2 is 2.12 bits per heavy atom. The van der Waals surface area contributed by atoms with Crippen LogP contribution in [0.3, 0.4) is 0 Å². The fraction of sp³-hybridized carbons (Fsp3) is 0.267. The first-order valence-electron chi connectivity index (χ1n) is 6.94. The lowest BCUT2D eigenvalue weighted by Crippen LogP contribution is -2.30. The Hall–Kier alpha value is -2.19. The van der Waals surface area contributed by atoms with Crippen molar-refractivity contribution in [3.63, 3.8) is 0 Å². The van der Waals surface area contributed by atoms with Crippen molar-refractivity contribution in [2.24, 2.45) is 0 Å². The molecule has 2 N–H and O–H groups in total. The number of carbonyl (C=O) groups is 2. The molecule has 1 aromatic carbocycles. The summed E-state index contributed by atoms with van der Waals surface area (Å²) in [5.41, 5.74) is 1.12. The third-order valence-electron chi connectivity index (χ3n) is 3.13. The molecule has 0 bridgehead atoms. The lowest BCUT2D eigenvalue weighted by Gasteiger charge is -2.14. The number of benzene rings is 1. The highest BCUT2D eigenvalue weighted by Gasteiger charge is 2.24. The van der Waals surface area contributed by atoms with Gasteiger partial charge in [0.05, 0.1) is 10.7 Å². The number of rotatable bonds is 5. The first-order chi connectivity index (χ1) is 11.3. The number of ether oxygens (including phenoxy) is 1. The summed E-state index contributed by atoms with van der Waals surface area (Å²) in [6.45, 7) is 3.12. The Labute approximate surface area is 147 Å². The minimum atomic E-state index is -1.05. The number of halogens is 2. The Balaban J connectivity index is 2.04. The smallest absolute Gasteiger partial charge is 0.343 e. The molecular formula is C15H15ClFN3O3S. The van der Waals surface area contributed by atoms with Crippen LogP contribution in [0.2, 0.25) is 5.02 Å². The second kappa shape index (κ2) is 7.59. The van der Waals surface area contributed by atoms with Crippen LogP contribution in [0.1, 0.15) is 23.0 Å². The zero-order valence-corrected chi connectivity index (χ0v) is 14.7. The van der Waals surface area contributed by atoms with E-state index in [1.807, 2.05) is 0 Å². The molecule has 128 valence electrons. The standard InChI is InChI=1S/C15H15ClFN3O3S/c1-7-12(14(18-3)24-20-7)15(22)23-8(2)13(21)19-9-4-5-11(17)10(16)6-9/h4-6,8,18H,1-3H3,(H,19,21)/t8-/m0/s1. The molecule has 1 heterocycles. The maximum Gasteiger partial charge on any atom is 0.343 e. The molecule has 9 heteroatoms. The van der Waals surface area contributed by atoms with E-state index < -0.39 is 23.8 Å². The summed E-state index contributed by atoms with van der Waals surface area (Å²) >= 11 is 6.79. The lowest BCUT2D eigenvalue weighted by atomic mass is 10.2. The molecule has 0 aliphatic rings. The van der Waals surface area contributed by atoms with Gasteiger partial charge < -0.3 is 15.4 Å². The van der Waals surface area contributed by atoms with Gasteiger partial charge in [-0.15, -0.1) is 0 Å². The van der Waals surface area contributed by atoms with Gasteiger partial charge in [0.25, 0.3) is 5.91 Å². The minimum absolute atomic E-state index is 0.115. The number of nitrogens with one attached hydrogen (secondary N) is 2. The van der Waals surface area contributed by atoms with Gasteiger partial charge in [-0.3, -0.25) is 4.79 Å². The van der Waals surface area contributed by atoms with Crippen LogP contribution >= 0.6 is 23.1 Å². The van der Waals surface area contributed by atoms with Crippen LogP contribution in [0, 0.1) is 12.7 Å². The molecule has 2 aromatic rings. The number of nitrogens with zero attached hydrogens (tertiary/aromatic N) is 1. The molecule has 1 atom stereocenters. The highest BCUT2D eigenvalue weighted by molar-refractivity contribution is 7.10. The van der Waals surface area contributed by atoms with Crippen LogP contribution in [-0.4, -0.2) is 29.4 Å². The number of anilines is 2. The van der Waals surface area contributed by atoms with E-state index in [2.05, 4.69) is 15.0 Å². The van der Waals surface area contributed by atoms with Crippen LogP contribution < -0.4 is 10.6 Å².